The first kappa shape index (κ1) is 15.6. The number of thioether (sulfide) groups is 2. The van der Waals surface area contributed by atoms with Crippen LogP contribution in [0.25, 0.3) is 0 Å². The molecule has 0 aromatic heterocycles. The minimum absolute atomic E-state index is 0.292. The minimum Gasteiger partial charge on any atom is -0.480 e. The Morgan fingerprint density at radius 1 is 1.31 bits per heavy atom. The summed E-state index contributed by atoms with van der Waals surface area (Å²) in [7, 11) is 0. The van der Waals surface area contributed by atoms with Crippen LogP contribution in [0.5, 0.6) is 0 Å². The molecule has 0 radical (unpaired) electrons. The summed E-state index contributed by atoms with van der Waals surface area (Å²) in [5.41, 5.74) is 0. The highest BCUT2D eigenvalue weighted by molar-refractivity contribution is 7.99. The lowest BCUT2D eigenvalue weighted by molar-refractivity contribution is -0.141. The van der Waals surface area contributed by atoms with Gasteiger partial charge in [-0.1, -0.05) is 0 Å². The number of nitrogens with one attached hydrogen (secondary N) is 1. The number of hydrogen-bond acceptors (Lipinski definition) is 4. The number of amides is 1. The highest BCUT2D eigenvalue weighted by atomic mass is 32.2. The molecule has 94 valence electrons. The maximum absolute atomic E-state index is 10.8. The van der Waals surface area contributed by atoms with Crippen LogP contribution in [0, 0.1) is 0 Å². The molecule has 0 rings (SSSR count). The van der Waals surface area contributed by atoms with Crippen LogP contribution in [0.1, 0.15) is 19.8 Å². The molecule has 0 aliphatic carbocycles. The summed E-state index contributed by atoms with van der Waals surface area (Å²) >= 11 is 3.55. The van der Waals surface area contributed by atoms with Gasteiger partial charge in [0.1, 0.15) is 6.04 Å². The van der Waals surface area contributed by atoms with E-state index in [2.05, 4.69) is 11.6 Å². The summed E-state index contributed by atoms with van der Waals surface area (Å²) in [4.78, 5) is 21.5. The fourth-order valence-corrected chi connectivity index (χ4v) is 2.68. The van der Waals surface area contributed by atoms with Gasteiger partial charge >= 0.3 is 5.97 Å². The molecule has 0 fully saturated rings. The summed E-state index contributed by atoms with van der Waals surface area (Å²) in [5, 5.41) is 11.3. The van der Waals surface area contributed by atoms with Gasteiger partial charge in [0.2, 0.25) is 5.91 Å². The Morgan fingerprint density at radius 2 is 2.00 bits per heavy atom. The lowest BCUT2D eigenvalue weighted by atomic mass is 10.2. The molecule has 0 heterocycles. The summed E-state index contributed by atoms with van der Waals surface area (Å²) < 4.78 is 0. The molecule has 0 saturated heterocycles. The van der Waals surface area contributed by atoms with Crippen molar-refractivity contribution in [2.45, 2.75) is 25.8 Å². The van der Waals surface area contributed by atoms with Crippen LogP contribution in [-0.2, 0) is 9.59 Å². The van der Waals surface area contributed by atoms with Gasteiger partial charge in [0.05, 0.1) is 0 Å². The molecule has 1 amide bonds. The van der Waals surface area contributed by atoms with Crippen LogP contribution in [0.3, 0.4) is 0 Å². The van der Waals surface area contributed by atoms with E-state index in [1.54, 1.807) is 11.8 Å². The van der Waals surface area contributed by atoms with Crippen LogP contribution in [0.15, 0.2) is 0 Å². The van der Waals surface area contributed by atoms with Gasteiger partial charge in [-0.2, -0.15) is 23.5 Å². The number of carbonyl (C=O) groups excluding carboxylic acids is 1. The molecule has 0 bridgehead atoms. The molecule has 1 atom stereocenters. The van der Waals surface area contributed by atoms with Gasteiger partial charge in [-0.3, -0.25) is 4.79 Å². The van der Waals surface area contributed by atoms with Crippen LogP contribution in [-0.4, -0.2) is 46.5 Å². The van der Waals surface area contributed by atoms with E-state index in [-0.39, 0.29) is 5.91 Å². The second kappa shape index (κ2) is 9.84. The lowest BCUT2D eigenvalue weighted by Gasteiger charge is -2.12. The quantitative estimate of drug-likeness (QED) is 0.618. The normalized spacial score (nSPS) is 12.1. The second-order valence-electron chi connectivity index (χ2n) is 3.34. The van der Waals surface area contributed by atoms with E-state index in [1.165, 1.54) is 6.92 Å². The Labute approximate surface area is 105 Å². The van der Waals surface area contributed by atoms with Crippen LogP contribution in [0.4, 0.5) is 0 Å². The zero-order valence-corrected chi connectivity index (χ0v) is 11.3. The highest BCUT2D eigenvalue weighted by Gasteiger charge is 2.17. The second-order valence-corrected chi connectivity index (χ2v) is 5.55. The summed E-state index contributed by atoms with van der Waals surface area (Å²) in [6, 6.07) is -0.745. The SMILES string of the molecule is CSCCCSCCC(NC(C)=O)C(=O)O. The van der Waals surface area contributed by atoms with Gasteiger partial charge in [0.15, 0.2) is 0 Å². The number of carbonyl (C=O) groups is 2. The molecule has 0 aromatic rings. The third kappa shape index (κ3) is 8.91. The van der Waals surface area contributed by atoms with Crippen molar-refractivity contribution >= 4 is 35.4 Å². The van der Waals surface area contributed by atoms with Gasteiger partial charge in [-0.15, -0.1) is 0 Å². The Bertz CT molecular complexity index is 224. The molecule has 4 nitrogen and oxygen atoms in total. The fraction of sp³-hybridized carbons (Fsp3) is 0.800. The molecular formula is C10H19NO3S2. The van der Waals surface area contributed by atoms with E-state index < -0.39 is 12.0 Å². The first-order valence-corrected chi connectivity index (χ1v) is 7.69. The van der Waals surface area contributed by atoms with Gasteiger partial charge < -0.3 is 10.4 Å². The van der Waals surface area contributed by atoms with Gasteiger partial charge in [-0.25, -0.2) is 4.79 Å². The number of rotatable bonds is 9. The average Bonchev–Trinajstić information content (AvgIpc) is 2.20. The number of hydrogen-bond donors (Lipinski definition) is 2. The predicted octanol–water partition coefficient (Wildman–Crippen LogP) is 1.45. The monoisotopic (exact) mass is 265 g/mol. The topological polar surface area (TPSA) is 66.4 Å². The van der Waals surface area contributed by atoms with Gasteiger partial charge in [0, 0.05) is 6.92 Å². The summed E-state index contributed by atoms with van der Waals surface area (Å²) in [6.45, 7) is 1.33. The molecule has 0 aliphatic rings. The van der Waals surface area contributed by atoms with Crippen LogP contribution in [0.2, 0.25) is 0 Å². The van der Waals surface area contributed by atoms with Gasteiger partial charge in [0.25, 0.3) is 0 Å². The number of aliphatic carboxylic acids is 1. The Hall–Kier alpha value is -0.360. The molecular weight excluding hydrogens is 246 g/mol. The molecule has 0 aliphatic heterocycles. The van der Waals surface area contributed by atoms with E-state index in [0.29, 0.717) is 6.42 Å². The first-order valence-electron chi connectivity index (χ1n) is 5.14. The third-order valence-electron chi connectivity index (χ3n) is 1.86. The third-order valence-corrected chi connectivity index (χ3v) is 3.66. The maximum Gasteiger partial charge on any atom is 0.326 e. The van der Waals surface area contributed by atoms with Crippen LogP contribution < -0.4 is 5.32 Å². The zero-order valence-electron chi connectivity index (χ0n) is 9.69. The minimum atomic E-state index is -0.958. The van der Waals surface area contributed by atoms with E-state index in [4.69, 9.17) is 5.11 Å². The van der Waals surface area contributed by atoms with Crippen molar-refractivity contribution in [3.8, 4) is 0 Å². The van der Waals surface area contributed by atoms with Crippen molar-refractivity contribution in [3.63, 3.8) is 0 Å². The van der Waals surface area contributed by atoms with E-state index >= 15 is 0 Å². The Balaban J connectivity index is 3.60. The largest absolute Gasteiger partial charge is 0.480 e. The van der Waals surface area contributed by atoms with Crippen molar-refractivity contribution in [1.29, 1.82) is 0 Å². The van der Waals surface area contributed by atoms with E-state index in [9.17, 15) is 9.59 Å². The molecule has 16 heavy (non-hydrogen) atoms. The van der Waals surface area contributed by atoms with E-state index in [1.807, 2.05) is 11.8 Å². The molecule has 2 N–H and O–H groups in total. The highest BCUT2D eigenvalue weighted by Crippen LogP contribution is 2.09. The molecule has 0 aromatic carbocycles. The van der Waals surface area contributed by atoms with E-state index in [0.717, 1.165) is 23.7 Å². The molecule has 6 heteroatoms. The molecule has 0 saturated carbocycles. The Morgan fingerprint density at radius 3 is 2.50 bits per heavy atom. The zero-order chi connectivity index (χ0) is 12.4. The van der Waals surface area contributed by atoms with Gasteiger partial charge in [-0.05, 0) is 36.4 Å². The van der Waals surface area contributed by atoms with Crippen molar-refractivity contribution < 1.29 is 14.7 Å². The fourth-order valence-electron chi connectivity index (χ4n) is 1.11. The molecule has 1 unspecified atom stereocenters. The molecule has 0 spiro atoms. The number of carboxylic acid groups (broad SMARTS) is 1. The Kier molecular flexibility index (Phi) is 9.62. The van der Waals surface area contributed by atoms with Crippen molar-refractivity contribution in [2.75, 3.05) is 23.5 Å². The lowest BCUT2D eigenvalue weighted by Crippen LogP contribution is -2.39. The van der Waals surface area contributed by atoms with Crippen LogP contribution >= 0.6 is 23.5 Å². The number of carboxylic acids is 1. The first-order chi connectivity index (χ1) is 7.57. The average molecular weight is 265 g/mol. The summed E-state index contributed by atoms with van der Waals surface area (Å²) in [5.74, 6) is 1.71. The van der Waals surface area contributed by atoms with Crippen molar-refractivity contribution in [3.05, 3.63) is 0 Å². The van der Waals surface area contributed by atoms with Crippen molar-refractivity contribution in [1.82, 2.24) is 5.32 Å². The summed E-state index contributed by atoms with van der Waals surface area (Å²) in [6.07, 6.45) is 3.70. The smallest absolute Gasteiger partial charge is 0.326 e. The van der Waals surface area contributed by atoms with Crippen molar-refractivity contribution in [2.24, 2.45) is 0 Å². The maximum atomic E-state index is 10.8. The predicted molar refractivity (Wildman–Crippen MR) is 70.2 cm³/mol. The standard InChI is InChI=1S/C10H19NO3S2/c1-8(12)11-9(10(13)14)4-7-16-6-3-5-15-2/h9H,3-7H2,1-2H3,(H,11,12)(H,13,14).